The number of hydrogen-bond acceptors (Lipinski definition) is 3. The van der Waals surface area contributed by atoms with E-state index in [4.69, 9.17) is 10.2 Å². The van der Waals surface area contributed by atoms with Crippen molar-refractivity contribution in [2.24, 2.45) is 11.8 Å². The van der Waals surface area contributed by atoms with E-state index in [1.54, 1.807) is 0 Å². The highest BCUT2D eigenvalue weighted by molar-refractivity contribution is 5.75. The molecule has 1 aliphatic carbocycles. The lowest BCUT2D eigenvalue weighted by atomic mass is 9.86. The molecule has 1 aliphatic heterocycles. The van der Waals surface area contributed by atoms with Crippen LogP contribution in [0.4, 0.5) is 4.79 Å². The number of rotatable bonds is 4. The minimum Gasteiger partial charge on any atom is -0.481 e. The number of amides is 2. The molecule has 1 saturated heterocycles. The van der Waals surface area contributed by atoms with E-state index in [2.05, 4.69) is 5.32 Å². The Labute approximate surface area is 125 Å². The summed E-state index contributed by atoms with van der Waals surface area (Å²) in [4.78, 5) is 25.0. The highest BCUT2D eigenvalue weighted by Crippen LogP contribution is 2.25. The van der Waals surface area contributed by atoms with E-state index >= 15 is 0 Å². The van der Waals surface area contributed by atoms with Crippen LogP contribution in [0.3, 0.4) is 0 Å². The lowest BCUT2D eigenvalue weighted by Gasteiger charge is -2.35. The largest absolute Gasteiger partial charge is 0.481 e. The third kappa shape index (κ3) is 4.59. The molecule has 0 aromatic carbocycles. The Morgan fingerprint density at radius 2 is 1.86 bits per heavy atom. The van der Waals surface area contributed by atoms with Crippen molar-refractivity contribution in [2.75, 3.05) is 19.7 Å². The molecule has 1 heterocycles. The van der Waals surface area contributed by atoms with Crippen LogP contribution >= 0.6 is 0 Å². The molecule has 1 atom stereocenters. The minimum absolute atomic E-state index is 0.0311. The second kappa shape index (κ2) is 7.64. The molecular formula is C15H26N2O4. The van der Waals surface area contributed by atoms with Crippen molar-refractivity contribution in [1.82, 2.24) is 10.2 Å². The smallest absolute Gasteiger partial charge is 0.317 e. The fourth-order valence-corrected chi connectivity index (χ4v) is 3.42. The normalized spacial score (nSPS) is 30.0. The number of aliphatic hydroxyl groups excluding tert-OH is 1. The lowest BCUT2D eigenvalue weighted by Crippen LogP contribution is -2.49. The van der Waals surface area contributed by atoms with E-state index in [0.717, 1.165) is 45.2 Å². The number of aliphatic hydroxyl groups is 1. The van der Waals surface area contributed by atoms with Gasteiger partial charge in [-0.25, -0.2) is 4.79 Å². The zero-order chi connectivity index (χ0) is 15.2. The summed E-state index contributed by atoms with van der Waals surface area (Å²) in [5.74, 6) is -0.568. The molecule has 0 aromatic rings. The predicted octanol–water partition coefficient (Wildman–Crippen LogP) is 1.43. The molecule has 2 aliphatic rings. The van der Waals surface area contributed by atoms with Gasteiger partial charge in [0.15, 0.2) is 0 Å². The van der Waals surface area contributed by atoms with E-state index in [1.165, 1.54) is 0 Å². The number of piperidine rings is 1. The van der Waals surface area contributed by atoms with Gasteiger partial charge in [-0.2, -0.15) is 0 Å². The van der Waals surface area contributed by atoms with Gasteiger partial charge in [-0.3, -0.25) is 4.79 Å². The van der Waals surface area contributed by atoms with Gasteiger partial charge >= 0.3 is 12.0 Å². The van der Waals surface area contributed by atoms with Gasteiger partial charge in [0, 0.05) is 25.7 Å². The molecular weight excluding hydrogens is 272 g/mol. The monoisotopic (exact) mass is 298 g/mol. The molecule has 2 fully saturated rings. The number of nitrogens with zero attached hydrogens (tertiary/aromatic N) is 1. The zero-order valence-electron chi connectivity index (χ0n) is 12.5. The maximum absolute atomic E-state index is 12.3. The zero-order valence-corrected chi connectivity index (χ0v) is 12.5. The number of carbonyl (C=O) groups excluding carboxylic acids is 1. The van der Waals surface area contributed by atoms with Crippen LogP contribution in [0.1, 0.15) is 44.9 Å². The first-order chi connectivity index (χ1) is 10.1. The molecule has 0 spiro atoms. The molecule has 0 aromatic heterocycles. The SMILES string of the molecule is O=C(O)C1CCC(NC(=O)N2CCCC(CCO)C2)CC1. The van der Waals surface area contributed by atoms with Crippen LogP contribution in [-0.4, -0.2) is 52.9 Å². The number of urea groups is 1. The second-order valence-corrected chi connectivity index (χ2v) is 6.30. The van der Waals surface area contributed by atoms with Gasteiger partial charge < -0.3 is 20.4 Å². The third-order valence-electron chi connectivity index (χ3n) is 4.75. The van der Waals surface area contributed by atoms with Gasteiger partial charge in [0.1, 0.15) is 0 Å². The molecule has 2 rings (SSSR count). The molecule has 1 saturated carbocycles. The maximum atomic E-state index is 12.3. The highest BCUT2D eigenvalue weighted by atomic mass is 16.4. The first-order valence-corrected chi connectivity index (χ1v) is 7.99. The quantitative estimate of drug-likeness (QED) is 0.732. The van der Waals surface area contributed by atoms with Crippen molar-refractivity contribution in [3.63, 3.8) is 0 Å². The van der Waals surface area contributed by atoms with E-state index < -0.39 is 5.97 Å². The summed E-state index contributed by atoms with van der Waals surface area (Å²) >= 11 is 0. The number of hydrogen-bond donors (Lipinski definition) is 3. The summed E-state index contributed by atoms with van der Waals surface area (Å²) in [5.41, 5.74) is 0. The van der Waals surface area contributed by atoms with Crippen LogP contribution < -0.4 is 5.32 Å². The van der Waals surface area contributed by atoms with Crippen LogP contribution in [0, 0.1) is 11.8 Å². The first kappa shape index (κ1) is 16.1. The van der Waals surface area contributed by atoms with Gasteiger partial charge in [0.2, 0.25) is 0 Å². The average molecular weight is 298 g/mol. The third-order valence-corrected chi connectivity index (χ3v) is 4.75. The topological polar surface area (TPSA) is 89.9 Å². The van der Waals surface area contributed by atoms with Gasteiger partial charge in [-0.15, -0.1) is 0 Å². The van der Waals surface area contributed by atoms with Crippen molar-refractivity contribution in [2.45, 2.75) is 51.0 Å². The van der Waals surface area contributed by atoms with Crippen LogP contribution in [-0.2, 0) is 4.79 Å². The number of likely N-dealkylation sites (tertiary alicyclic amines) is 1. The Bertz CT molecular complexity index is 365. The summed E-state index contributed by atoms with van der Waals surface area (Å²) in [5, 5.41) is 21.0. The van der Waals surface area contributed by atoms with Gasteiger partial charge in [0.05, 0.1) is 5.92 Å². The Balaban J connectivity index is 1.75. The molecule has 21 heavy (non-hydrogen) atoms. The molecule has 0 radical (unpaired) electrons. The number of carboxylic acids is 1. The molecule has 3 N–H and O–H groups in total. The molecule has 2 amide bonds. The fraction of sp³-hybridized carbons (Fsp3) is 0.867. The standard InChI is InChI=1S/C15H26N2O4/c18-9-7-11-2-1-8-17(10-11)15(21)16-13-5-3-12(4-6-13)14(19)20/h11-13,18H,1-10H2,(H,16,21)(H,19,20). The average Bonchev–Trinajstić information content (AvgIpc) is 2.48. The Morgan fingerprint density at radius 1 is 1.14 bits per heavy atom. The number of aliphatic carboxylic acids is 1. The summed E-state index contributed by atoms with van der Waals surface area (Å²) in [6, 6.07) is 0.0720. The predicted molar refractivity (Wildman–Crippen MR) is 77.9 cm³/mol. The van der Waals surface area contributed by atoms with E-state index in [1.807, 2.05) is 4.90 Å². The molecule has 120 valence electrons. The molecule has 6 heteroatoms. The fourth-order valence-electron chi connectivity index (χ4n) is 3.42. The van der Waals surface area contributed by atoms with Crippen molar-refractivity contribution in [1.29, 1.82) is 0 Å². The van der Waals surface area contributed by atoms with Gasteiger partial charge in [0.25, 0.3) is 0 Å². The maximum Gasteiger partial charge on any atom is 0.317 e. The van der Waals surface area contributed by atoms with Crippen molar-refractivity contribution in [3.8, 4) is 0 Å². The van der Waals surface area contributed by atoms with Crippen LogP contribution in [0.2, 0.25) is 0 Å². The number of carbonyl (C=O) groups is 2. The molecule has 6 nitrogen and oxygen atoms in total. The van der Waals surface area contributed by atoms with Crippen LogP contribution in [0.25, 0.3) is 0 Å². The van der Waals surface area contributed by atoms with E-state index in [9.17, 15) is 9.59 Å². The number of carboxylic acid groups (broad SMARTS) is 1. The van der Waals surface area contributed by atoms with E-state index in [-0.39, 0.29) is 24.6 Å². The Kier molecular flexibility index (Phi) is 5.85. The summed E-state index contributed by atoms with van der Waals surface area (Å²) in [6.07, 6.45) is 5.61. The van der Waals surface area contributed by atoms with Crippen LogP contribution in [0.15, 0.2) is 0 Å². The van der Waals surface area contributed by atoms with Gasteiger partial charge in [-0.1, -0.05) is 0 Å². The Morgan fingerprint density at radius 3 is 2.48 bits per heavy atom. The highest BCUT2D eigenvalue weighted by Gasteiger charge is 2.29. The van der Waals surface area contributed by atoms with Crippen molar-refractivity contribution >= 4 is 12.0 Å². The van der Waals surface area contributed by atoms with Gasteiger partial charge in [-0.05, 0) is 50.9 Å². The van der Waals surface area contributed by atoms with Crippen molar-refractivity contribution < 1.29 is 19.8 Å². The summed E-state index contributed by atoms with van der Waals surface area (Å²) in [6.45, 7) is 1.68. The van der Waals surface area contributed by atoms with Crippen LogP contribution in [0.5, 0.6) is 0 Å². The number of nitrogens with one attached hydrogen (secondary N) is 1. The second-order valence-electron chi connectivity index (χ2n) is 6.30. The summed E-state index contributed by atoms with van der Waals surface area (Å²) in [7, 11) is 0. The molecule has 1 unspecified atom stereocenters. The molecule has 0 bridgehead atoms. The van der Waals surface area contributed by atoms with E-state index in [0.29, 0.717) is 18.8 Å². The Hall–Kier alpha value is -1.30. The lowest BCUT2D eigenvalue weighted by molar-refractivity contribution is -0.142. The first-order valence-electron chi connectivity index (χ1n) is 7.99. The van der Waals surface area contributed by atoms with Crippen molar-refractivity contribution in [3.05, 3.63) is 0 Å². The summed E-state index contributed by atoms with van der Waals surface area (Å²) < 4.78 is 0. The minimum atomic E-state index is -0.720.